The van der Waals surface area contributed by atoms with E-state index in [9.17, 15) is 29.1 Å². The van der Waals surface area contributed by atoms with Gasteiger partial charge in [0.25, 0.3) is 0 Å². The second-order valence-corrected chi connectivity index (χ2v) is 14.9. The number of rotatable bonds is 21. The zero-order valence-electron chi connectivity index (χ0n) is 33.2. The Bertz CT molecular complexity index is 1310. The van der Waals surface area contributed by atoms with Crippen LogP contribution in [0.4, 0.5) is 0 Å². The van der Waals surface area contributed by atoms with Crippen LogP contribution in [0.25, 0.3) is 0 Å². The van der Waals surface area contributed by atoms with Gasteiger partial charge in [0.2, 0.25) is 23.6 Å². The summed E-state index contributed by atoms with van der Waals surface area (Å²) in [5, 5.41) is 18.5. The largest absolute Gasteiger partial charge is 0.480 e. The van der Waals surface area contributed by atoms with Gasteiger partial charge in [-0.3, -0.25) is 19.2 Å². The summed E-state index contributed by atoms with van der Waals surface area (Å²) in [6.07, 6.45) is 0.818. The van der Waals surface area contributed by atoms with Crippen molar-refractivity contribution in [2.24, 2.45) is 23.7 Å². The molecule has 0 bridgehead atoms. The molecule has 2 rings (SSSR count). The van der Waals surface area contributed by atoms with Gasteiger partial charge in [-0.25, -0.2) is 4.79 Å². The molecule has 1 saturated heterocycles. The Balaban J connectivity index is 2.26. The van der Waals surface area contributed by atoms with Gasteiger partial charge in [0.05, 0.1) is 42.7 Å². The number of carbonyl (C=O) groups excluding carboxylic acids is 4. The number of amides is 4. The summed E-state index contributed by atoms with van der Waals surface area (Å²) in [5.74, 6) is -3.27. The highest BCUT2D eigenvalue weighted by Gasteiger charge is 2.43. The van der Waals surface area contributed by atoms with Crippen molar-refractivity contribution in [1.82, 2.24) is 25.8 Å². The fourth-order valence-electron chi connectivity index (χ4n) is 7.40. The maximum absolute atomic E-state index is 14.1. The minimum absolute atomic E-state index is 0.0112. The van der Waals surface area contributed by atoms with Crippen molar-refractivity contribution in [1.29, 1.82) is 0 Å². The molecule has 0 aromatic heterocycles. The normalized spacial score (nSPS) is 19.2. The molecule has 1 fully saturated rings. The third kappa shape index (κ3) is 11.7. The molecule has 1 aromatic carbocycles. The van der Waals surface area contributed by atoms with Crippen LogP contribution in [0.15, 0.2) is 30.3 Å². The molecule has 4 N–H and O–H groups in total. The van der Waals surface area contributed by atoms with Crippen molar-refractivity contribution >= 4 is 29.6 Å². The molecule has 13 heteroatoms. The van der Waals surface area contributed by atoms with Gasteiger partial charge in [-0.1, -0.05) is 85.2 Å². The molecular weight excluding hydrogens is 666 g/mol. The van der Waals surface area contributed by atoms with Crippen molar-refractivity contribution in [3.63, 3.8) is 0 Å². The summed E-state index contributed by atoms with van der Waals surface area (Å²) in [6, 6.07) is 5.84. The number of likely N-dealkylation sites (tertiary alicyclic amines) is 1. The standard InChI is InChI=1S/C39H65N5O8/c1-12-25(6)34(43(9)38(48)33(24(4)5)42-37(47)32(40-8)23(2)3)30(51-10)22-31(45)44-20-16-19-29(44)35(52-11)26(7)36(46)41-28(39(49)50)21-27-17-14-13-15-18-27/h13-15,17-18,23-26,28-30,32-35,40H,12,16,19-22H2,1-11H3,(H,41,46)(H,42,47)(H,49,50)/t25-,26-,28-,29?,30+,32-,33-,34?,35-/m0/s1. The number of likely N-dealkylation sites (N-methyl/N-ethyl adjacent to an activating group) is 2. The quantitative estimate of drug-likeness (QED) is 0.149. The minimum Gasteiger partial charge on any atom is -0.480 e. The number of nitrogens with one attached hydrogen (secondary N) is 3. The van der Waals surface area contributed by atoms with Gasteiger partial charge >= 0.3 is 5.97 Å². The molecule has 52 heavy (non-hydrogen) atoms. The van der Waals surface area contributed by atoms with E-state index in [1.807, 2.05) is 71.9 Å². The van der Waals surface area contributed by atoms with Gasteiger partial charge in [-0.15, -0.1) is 0 Å². The molecule has 1 aliphatic rings. The lowest BCUT2D eigenvalue weighted by Crippen LogP contribution is -2.59. The van der Waals surface area contributed by atoms with Crippen LogP contribution in [-0.2, 0) is 39.9 Å². The van der Waals surface area contributed by atoms with E-state index >= 15 is 0 Å². The molecule has 2 unspecified atom stereocenters. The van der Waals surface area contributed by atoms with Crippen LogP contribution in [-0.4, -0.2) is 122 Å². The SMILES string of the molecule is CC[C@H](C)C([C@@H](CC(=O)N1CCCC1[C@@H](OC)[C@H](C)C(=O)N[C@@H](Cc1ccccc1)C(=O)O)OC)N(C)C(=O)[C@@H](NC(=O)[C@@H](NC)C(C)C)C(C)C. The molecule has 0 radical (unpaired) electrons. The van der Waals surface area contributed by atoms with Gasteiger partial charge in [-0.2, -0.15) is 0 Å². The molecule has 1 aromatic rings. The third-order valence-corrected chi connectivity index (χ3v) is 10.6. The average Bonchev–Trinajstić information content (AvgIpc) is 3.59. The van der Waals surface area contributed by atoms with Crippen LogP contribution in [0.3, 0.4) is 0 Å². The lowest BCUT2D eigenvalue weighted by atomic mass is 9.89. The van der Waals surface area contributed by atoms with Gasteiger partial charge < -0.3 is 40.3 Å². The third-order valence-electron chi connectivity index (χ3n) is 10.6. The van der Waals surface area contributed by atoms with E-state index in [0.717, 1.165) is 12.0 Å². The van der Waals surface area contributed by atoms with Crippen molar-refractivity contribution in [3.05, 3.63) is 35.9 Å². The number of ether oxygens (including phenoxy) is 2. The van der Waals surface area contributed by atoms with Crippen LogP contribution < -0.4 is 16.0 Å². The number of nitrogens with zero attached hydrogens (tertiary/aromatic N) is 2. The number of carboxylic acid groups (broad SMARTS) is 1. The molecule has 0 saturated carbocycles. The molecule has 4 amide bonds. The fourth-order valence-corrected chi connectivity index (χ4v) is 7.40. The molecule has 0 spiro atoms. The van der Waals surface area contributed by atoms with Crippen LogP contribution in [0.5, 0.6) is 0 Å². The number of hydrogen-bond acceptors (Lipinski definition) is 8. The highest BCUT2D eigenvalue weighted by molar-refractivity contribution is 5.90. The van der Waals surface area contributed by atoms with Crippen LogP contribution in [0, 0.1) is 23.7 Å². The van der Waals surface area contributed by atoms with Crippen LogP contribution >= 0.6 is 0 Å². The first kappa shape index (κ1) is 44.6. The number of hydrogen-bond donors (Lipinski definition) is 4. The summed E-state index contributed by atoms with van der Waals surface area (Å²) in [6.45, 7) is 13.9. The maximum atomic E-state index is 14.1. The number of aliphatic carboxylic acids is 1. The highest BCUT2D eigenvalue weighted by Crippen LogP contribution is 2.29. The summed E-state index contributed by atoms with van der Waals surface area (Å²) in [5.41, 5.74) is 0.785. The maximum Gasteiger partial charge on any atom is 0.326 e. The molecular formula is C39H65N5O8. The summed E-state index contributed by atoms with van der Waals surface area (Å²) in [7, 11) is 6.46. The smallest absolute Gasteiger partial charge is 0.326 e. The Morgan fingerprint density at radius 1 is 0.923 bits per heavy atom. The van der Waals surface area contributed by atoms with Crippen molar-refractivity contribution in [2.75, 3.05) is 34.9 Å². The van der Waals surface area contributed by atoms with E-state index in [1.54, 1.807) is 30.8 Å². The van der Waals surface area contributed by atoms with E-state index in [2.05, 4.69) is 16.0 Å². The summed E-state index contributed by atoms with van der Waals surface area (Å²) >= 11 is 0. The first-order chi connectivity index (χ1) is 24.5. The van der Waals surface area contributed by atoms with Gasteiger partial charge in [0, 0.05) is 34.2 Å². The molecule has 9 atom stereocenters. The fraction of sp³-hybridized carbons (Fsp3) is 0.718. The highest BCUT2D eigenvalue weighted by atomic mass is 16.5. The van der Waals surface area contributed by atoms with Crippen molar-refractivity contribution < 1.29 is 38.6 Å². The van der Waals surface area contributed by atoms with Gasteiger partial charge in [-0.05, 0) is 43.2 Å². The van der Waals surface area contributed by atoms with E-state index in [0.29, 0.717) is 19.4 Å². The molecule has 1 heterocycles. The van der Waals surface area contributed by atoms with Gasteiger partial charge in [0.15, 0.2) is 0 Å². The van der Waals surface area contributed by atoms with E-state index in [4.69, 9.17) is 9.47 Å². The number of benzene rings is 1. The Morgan fingerprint density at radius 3 is 2.04 bits per heavy atom. The predicted molar refractivity (Wildman–Crippen MR) is 200 cm³/mol. The average molecular weight is 732 g/mol. The summed E-state index contributed by atoms with van der Waals surface area (Å²) in [4.78, 5) is 70.3. The number of carbonyl (C=O) groups is 5. The molecule has 0 aliphatic carbocycles. The Hall–Kier alpha value is -3.55. The zero-order chi connectivity index (χ0) is 39.3. The Kier molecular flexibility index (Phi) is 18.2. The van der Waals surface area contributed by atoms with Crippen LogP contribution in [0.2, 0.25) is 0 Å². The van der Waals surface area contributed by atoms with Crippen LogP contribution in [0.1, 0.15) is 79.7 Å². The monoisotopic (exact) mass is 731 g/mol. The number of carboxylic acids is 1. The number of methoxy groups -OCH3 is 2. The minimum atomic E-state index is -1.14. The predicted octanol–water partition coefficient (Wildman–Crippen LogP) is 3.10. The first-order valence-electron chi connectivity index (χ1n) is 18.7. The lowest BCUT2D eigenvalue weighted by molar-refractivity contribution is -0.148. The molecule has 294 valence electrons. The zero-order valence-corrected chi connectivity index (χ0v) is 33.2. The lowest BCUT2D eigenvalue weighted by Gasteiger charge is -2.41. The molecule has 13 nitrogen and oxygen atoms in total. The summed E-state index contributed by atoms with van der Waals surface area (Å²) < 4.78 is 11.8. The van der Waals surface area contributed by atoms with E-state index in [-0.39, 0.29) is 48.3 Å². The Labute approximate surface area is 310 Å². The molecule has 1 aliphatic heterocycles. The van der Waals surface area contributed by atoms with E-state index < -0.39 is 60.2 Å². The van der Waals surface area contributed by atoms with Crippen molar-refractivity contribution in [2.45, 2.75) is 123 Å². The second kappa shape index (κ2) is 21.2. The first-order valence-corrected chi connectivity index (χ1v) is 18.7. The second-order valence-electron chi connectivity index (χ2n) is 14.9. The van der Waals surface area contributed by atoms with Crippen molar-refractivity contribution in [3.8, 4) is 0 Å². The Morgan fingerprint density at radius 2 is 1.54 bits per heavy atom. The van der Waals surface area contributed by atoms with E-state index in [1.165, 1.54) is 14.2 Å². The topological polar surface area (TPSA) is 167 Å². The van der Waals surface area contributed by atoms with Gasteiger partial charge in [0.1, 0.15) is 12.1 Å².